The lowest BCUT2D eigenvalue weighted by molar-refractivity contribution is -0.144. The first kappa shape index (κ1) is 25.1. The number of nitrogens with one attached hydrogen (secondary N) is 1. The zero-order chi connectivity index (χ0) is 24.9. The van der Waals surface area contributed by atoms with Gasteiger partial charge < -0.3 is 10.2 Å². The number of rotatable bonds is 8. The summed E-state index contributed by atoms with van der Waals surface area (Å²) < 4.78 is 0. The van der Waals surface area contributed by atoms with E-state index in [9.17, 15) is 19.2 Å². The Kier molecular flexibility index (Phi) is 8.04. The van der Waals surface area contributed by atoms with Gasteiger partial charge in [-0.05, 0) is 50.7 Å². The maximum Gasteiger partial charge on any atom is 0.242 e. The summed E-state index contributed by atoms with van der Waals surface area (Å²) in [4.78, 5) is 55.1. The molecule has 1 aromatic rings. The largest absolute Gasteiger partial charge is 0.352 e. The van der Waals surface area contributed by atoms with Crippen molar-refractivity contribution in [2.45, 2.75) is 83.8 Å². The van der Waals surface area contributed by atoms with E-state index in [1.165, 1.54) is 11.3 Å². The molecule has 188 valence electrons. The molecule has 2 aliphatic carbocycles. The van der Waals surface area contributed by atoms with Crippen LogP contribution in [0.5, 0.6) is 0 Å². The molecule has 0 unspecified atom stereocenters. The fourth-order valence-corrected chi connectivity index (χ4v) is 5.56. The van der Waals surface area contributed by atoms with Crippen molar-refractivity contribution in [1.29, 1.82) is 0 Å². The standard InChI is InChI=1S/C28H37N3O4/c1-19-10-6-7-11-21(19)18-31(20(2)26(33)29-22-12-4-3-5-13-22)25(32)16-17-30-27(34)23-14-8-9-15-24(23)28(30)35/h6-11,20,22-24H,3-5,12-18H2,1-2H3,(H,29,33)/t20-,23-,24+/m1/s1. The van der Waals surface area contributed by atoms with E-state index in [1.807, 2.05) is 43.3 Å². The van der Waals surface area contributed by atoms with Gasteiger partial charge in [-0.2, -0.15) is 0 Å². The third-order valence-electron chi connectivity index (χ3n) is 7.87. The Balaban J connectivity index is 1.45. The predicted octanol–water partition coefficient (Wildman–Crippen LogP) is 3.50. The molecule has 1 aliphatic heterocycles. The topological polar surface area (TPSA) is 86.8 Å². The van der Waals surface area contributed by atoms with Crippen molar-refractivity contribution in [3.05, 3.63) is 47.5 Å². The van der Waals surface area contributed by atoms with Crippen LogP contribution in [0.2, 0.25) is 0 Å². The number of likely N-dealkylation sites (tertiary alicyclic amines) is 1. The number of allylic oxidation sites excluding steroid dienone is 2. The second-order valence-corrected chi connectivity index (χ2v) is 10.2. The van der Waals surface area contributed by atoms with Crippen LogP contribution in [0.3, 0.4) is 0 Å². The predicted molar refractivity (Wildman–Crippen MR) is 133 cm³/mol. The zero-order valence-electron chi connectivity index (χ0n) is 20.9. The van der Waals surface area contributed by atoms with Crippen molar-refractivity contribution in [2.75, 3.05) is 6.54 Å². The summed E-state index contributed by atoms with van der Waals surface area (Å²) in [6.07, 6.45) is 10.5. The third-order valence-corrected chi connectivity index (χ3v) is 7.87. The third kappa shape index (κ3) is 5.65. The quantitative estimate of drug-likeness (QED) is 0.457. The molecule has 1 heterocycles. The van der Waals surface area contributed by atoms with E-state index in [0.717, 1.165) is 36.8 Å². The Bertz CT molecular complexity index is 972. The smallest absolute Gasteiger partial charge is 0.242 e. The molecule has 35 heavy (non-hydrogen) atoms. The van der Waals surface area contributed by atoms with Gasteiger partial charge >= 0.3 is 0 Å². The first-order valence-corrected chi connectivity index (χ1v) is 13.0. The van der Waals surface area contributed by atoms with Crippen LogP contribution in [0, 0.1) is 18.8 Å². The van der Waals surface area contributed by atoms with Gasteiger partial charge in [0.2, 0.25) is 23.6 Å². The molecule has 4 amide bonds. The summed E-state index contributed by atoms with van der Waals surface area (Å²) in [5, 5.41) is 3.14. The molecule has 2 fully saturated rings. The highest BCUT2D eigenvalue weighted by molar-refractivity contribution is 6.05. The van der Waals surface area contributed by atoms with Crippen LogP contribution in [0.4, 0.5) is 0 Å². The number of aryl methyl sites for hydroxylation is 1. The first-order valence-electron chi connectivity index (χ1n) is 13.0. The van der Waals surface area contributed by atoms with Gasteiger partial charge in [-0.25, -0.2) is 0 Å². The maximum absolute atomic E-state index is 13.5. The minimum absolute atomic E-state index is 0.0112. The molecule has 3 atom stereocenters. The van der Waals surface area contributed by atoms with E-state index in [2.05, 4.69) is 5.32 Å². The van der Waals surface area contributed by atoms with Crippen molar-refractivity contribution in [3.63, 3.8) is 0 Å². The van der Waals surface area contributed by atoms with E-state index in [0.29, 0.717) is 19.4 Å². The first-order chi connectivity index (χ1) is 16.9. The number of fused-ring (bicyclic) bond motifs is 1. The lowest BCUT2D eigenvalue weighted by Gasteiger charge is -2.32. The summed E-state index contributed by atoms with van der Waals surface area (Å²) in [5.74, 6) is -1.33. The van der Waals surface area contributed by atoms with E-state index >= 15 is 0 Å². The Morgan fingerprint density at radius 2 is 1.66 bits per heavy atom. The van der Waals surface area contributed by atoms with Crippen LogP contribution in [0.15, 0.2) is 36.4 Å². The molecule has 0 bridgehead atoms. The second kappa shape index (κ2) is 11.2. The minimum atomic E-state index is -0.652. The van der Waals surface area contributed by atoms with Gasteiger partial charge in [-0.1, -0.05) is 55.7 Å². The fraction of sp³-hybridized carbons (Fsp3) is 0.571. The molecule has 0 spiro atoms. The Morgan fingerprint density at radius 3 is 2.29 bits per heavy atom. The number of nitrogens with zero attached hydrogens (tertiary/aromatic N) is 2. The van der Waals surface area contributed by atoms with E-state index in [-0.39, 0.29) is 54.5 Å². The second-order valence-electron chi connectivity index (χ2n) is 10.2. The number of hydrogen-bond donors (Lipinski definition) is 1. The summed E-state index contributed by atoms with van der Waals surface area (Å²) in [7, 11) is 0. The Morgan fingerprint density at radius 1 is 1.03 bits per heavy atom. The molecule has 1 saturated carbocycles. The SMILES string of the molecule is Cc1ccccc1CN(C(=O)CCN1C(=O)[C@H]2CC=CC[C@H]2C1=O)[C@H](C)C(=O)NC1CCCCC1. The van der Waals surface area contributed by atoms with Crippen molar-refractivity contribution >= 4 is 23.6 Å². The summed E-state index contributed by atoms with van der Waals surface area (Å²) in [6, 6.07) is 7.33. The molecular weight excluding hydrogens is 442 g/mol. The molecule has 7 heteroatoms. The summed E-state index contributed by atoms with van der Waals surface area (Å²) in [6.45, 7) is 4.12. The highest BCUT2D eigenvalue weighted by atomic mass is 16.2. The Hall–Kier alpha value is -2.96. The number of imide groups is 1. The van der Waals surface area contributed by atoms with Gasteiger partial charge in [0, 0.05) is 25.6 Å². The lowest BCUT2D eigenvalue weighted by Crippen LogP contribution is -2.51. The molecule has 3 aliphatic rings. The molecule has 1 saturated heterocycles. The lowest BCUT2D eigenvalue weighted by atomic mass is 9.85. The van der Waals surface area contributed by atoms with Crippen LogP contribution in [0.1, 0.15) is 69.4 Å². The van der Waals surface area contributed by atoms with Gasteiger partial charge in [0.05, 0.1) is 11.8 Å². The van der Waals surface area contributed by atoms with Gasteiger partial charge in [-0.3, -0.25) is 24.1 Å². The molecule has 1 N–H and O–H groups in total. The fourth-order valence-electron chi connectivity index (χ4n) is 5.56. The molecule has 7 nitrogen and oxygen atoms in total. The van der Waals surface area contributed by atoms with Crippen LogP contribution in [-0.2, 0) is 25.7 Å². The van der Waals surface area contributed by atoms with E-state index < -0.39 is 6.04 Å². The van der Waals surface area contributed by atoms with Crippen molar-refractivity contribution in [1.82, 2.24) is 15.1 Å². The molecular formula is C28H37N3O4. The molecule has 1 aromatic carbocycles. The summed E-state index contributed by atoms with van der Waals surface area (Å²) >= 11 is 0. The van der Waals surface area contributed by atoms with Gasteiger partial charge in [0.25, 0.3) is 0 Å². The van der Waals surface area contributed by atoms with Crippen LogP contribution >= 0.6 is 0 Å². The highest BCUT2D eigenvalue weighted by Gasteiger charge is 2.47. The van der Waals surface area contributed by atoms with E-state index in [4.69, 9.17) is 0 Å². The maximum atomic E-state index is 13.5. The molecule has 0 radical (unpaired) electrons. The van der Waals surface area contributed by atoms with Gasteiger partial charge in [0.1, 0.15) is 6.04 Å². The minimum Gasteiger partial charge on any atom is -0.352 e. The van der Waals surface area contributed by atoms with Crippen molar-refractivity contribution in [2.24, 2.45) is 11.8 Å². The monoisotopic (exact) mass is 479 g/mol. The van der Waals surface area contributed by atoms with Gasteiger partial charge in [-0.15, -0.1) is 0 Å². The van der Waals surface area contributed by atoms with E-state index in [1.54, 1.807) is 11.8 Å². The normalized spacial score (nSPS) is 23.2. The molecule has 0 aromatic heterocycles. The van der Waals surface area contributed by atoms with Crippen LogP contribution < -0.4 is 5.32 Å². The zero-order valence-corrected chi connectivity index (χ0v) is 20.9. The summed E-state index contributed by atoms with van der Waals surface area (Å²) in [5.41, 5.74) is 2.02. The number of benzene rings is 1. The van der Waals surface area contributed by atoms with Crippen molar-refractivity contribution < 1.29 is 19.2 Å². The van der Waals surface area contributed by atoms with Gasteiger partial charge in [0.15, 0.2) is 0 Å². The number of carbonyl (C=O) groups excluding carboxylic acids is 4. The molecule has 4 rings (SSSR count). The average molecular weight is 480 g/mol. The Labute approximate surface area is 207 Å². The van der Waals surface area contributed by atoms with Crippen LogP contribution in [-0.4, -0.2) is 52.1 Å². The number of carbonyl (C=O) groups is 4. The number of amides is 4. The highest BCUT2D eigenvalue weighted by Crippen LogP contribution is 2.35. The van der Waals surface area contributed by atoms with Crippen LogP contribution in [0.25, 0.3) is 0 Å². The van der Waals surface area contributed by atoms with Crippen molar-refractivity contribution in [3.8, 4) is 0 Å². The average Bonchev–Trinajstić information content (AvgIpc) is 3.11. The number of hydrogen-bond acceptors (Lipinski definition) is 4.